The first-order valence-electron chi connectivity index (χ1n) is 5.58. The van der Waals surface area contributed by atoms with Crippen molar-refractivity contribution in [1.29, 1.82) is 0 Å². The molecule has 0 aliphatic rings. The Morgan fingerprint density at radius 2 is 2.00 bits per heavy atom. The van der Waals surface area contributed by atoms with Gasteiger partial charge in [0.15, 0.2) is 0 Å². The third-order valence-corrected chi connectivity index (χ3v) is 2.69. The topological polar surface area (TPSA) is 43.8 Å². The summed E-state index contributed by atoms with van der Waals surface area (Å²) in [7, 11) is 1.84. The molecule has 2 rings (SSSR count). The van der Waals surface area contributed by atoms with Gasteiger partial charge in [0.25, 0.3) is 0 Å². The molecule has 0 fully saturated rings. The van der Waals surface area contributed by atoms with Crippen molar-refractivity contribution in [3.05, 3.63) is 35.9 Å². The van der Waals surface area contributed by atoms with Gasteiger partial charge in [0.05, 0.1) is 5.69 Å². The lowest BCUT2D eigenvalue weighted by Gasteiger charge is -2.06. The molecule has 0 saturated heterocycles. The van der Waals surface area contributed by atoms with Gasteiger partial charge in [0.1, 0.15) is 5.82 Å². The molecule has 0 aliphatic carbocycles. The molecule has 0 atom stereocenters. The Kier molecular flexibility index (Phi) is 2.88. The lowest BCUT2D eigenvalue weighted by atomic mass is 9.99. The van der Waals surface area contributed by atoms with Crippen LogP contribution in [0.2, 0.25) is 0 Å². The molecule has 0 unspecified atom stereocenters. The smallest absolute Gasteiger partial charge is 0.133 e. The first-order valence-corrected chi connectivity index (χ1v) is 5.58. The average Bonchev–Trinajstić information content (AvgIpc) is 2.60. The fourth-order valence-electron chi connectivity index (χ4n) is 1.89. The first-order chi connectivity index (χ1) is 7.99. The second kappa shape index (κ2) is 4.20. The molecule has 0 saturated carbocycles. The molecule has 0 aliphatic heterocycles. The average molecular weight is 233 g/mol. The van der Waals surface area contributed by atoms with Gasteiger partial charge in [-0.1, -0.05) is 13.8 Å². The molecule has 1 heterocycles. The van der Waals surface area contributed by atoms with Crippen molar-refractivity contribution < 1.29 is 4.39 Å². The number of rotatable bonds is 2. The zero-order valence-electron chi connectivity index (χ0n) is 10.2. The SMILES string of the molecule is CC(C)c1nn(C)cc1-c1ccc(N)cc1F. The van der Waals surface area contributed by atoms with Gasteiger partial charge in [0, 0.05) is 30.1 Å². The van der Waals surface area contributed by atoms with Crippen LogP contribution in [0.1, 0.15) is 25.5 Å². The summed E-state index contributed by atoms with van der Waals surface area (Å²) in [5, 5.41) is 4.37. The molecule has 1 aromatic carbocycles. The number of halogens is 1. The normalized spacial score (nSPS) is 11.1. The van der Waals surface area contributed by atoms with Crippen LogP contribution in [0.4, 0.5) is 10.1 Å². The second-order valence-electron chi connectivity index (χ2n) is 4.50. The molecule has 90 valence electrons. The molecule has 1 aromatic heterocycles. The maximum atomic E-state index is 13.9. The molecule has 0 amide bonds. The highest BCUT2D eigenvalue weighted by molar-refractivity contribution is 5.68. The largest absolute Gasteiger partial charge is 0.399 e. The summed E-state index contributed by atoms with van der Waals surface area (Å²) >= 11 is 0. The number of nitrogens with zero attached hydrogens (tertiary/aromatic N) is 2. The van der Waals surface area contributed by atoms with E-state index in [0.29, 0.717) is 11.3 Å². The molecular formula is C13H16FN3. The maximum absolute atomic E-state index is 13.9. The molecule has 3 nitrogen and oxygen atoms in total. The molecule has 0 spiro atoms. The van der Waals surface area contributed by atoms with Crippen molar-refractivity contribution >= 4 is 5.69 Å². The number of hydrogen-bond donors (Lipinski definition) is 1. The minimum absolute atomic E-state index is 0.253. The van der Waals surface area contributed by atoms with Crippen LogP contribution in [0.5, 0.6) is 0 Å². The minimum atomic E-state index is -0.306. The van der Waals surface area contributed by atoms with Gasteiger partial charge in [-0.15, -0.1) is 0 Å². The molecule has 2 N–H and O–H groups in total. The third kappa shape index (κ3) is 2.16. The van der Waals surface area contributed by atoms with Crippen molar-refractivity contribution in [2.45, 2.75) is 19.8 Å². The van der Waals surface area contributed by atoms with Crippen molar-refractivity contribution in [3.8, 4) is 11.1 Å². The van der Waals surface area contributed by atoms with Gasteiger partial charge in [-0.05, 0) is 24.1 Å². The number of nitrogen functional groups attached to an aromatic ring is 1. The van der Waals surface area contributed by atoms with E-state index in [0.717, 1.165) is 11.3 Å². The van der Waals surface area contributed by atoms with Gasteiger partial charge in [-0.3, -0.25) is 4.68 Å². The fraction of sp³-hybridized carbons (Fsp3) is 0.308. The fourth-order valence-corrected chi connectivity index (χ4v) is 1.89. The Balaban J connectivity index is 2.59. The monoisotopic (exact) mass is 233 g/mol. The van der Waals surface area contributed by atoms with E-state index >= 15 is 0 Å². The van der Waals surface area contributed by atoms with Gasteiger partial charge in [-0.25, -0.2) is 4.39 Å². The van der Waals surface area contributed by atoms with Crippen LogP contribution in [0.25, 0.3) is 11.1 Å². The first kappa shape index (κ1) is 11.6. The van der Waals surface area contributed by atoms with Crippen molar-refractivity contribution in [2.75, 3.05) is 5.73 Å². The lowest BCUT2D eigenvalue weighted by molar-refractivity contribution is 0.631. The van der Waals surface area contributed by atoms with Crippen LogP contribution in [0.15, 0.2) is 24.4 Å². The number of benzene rings is 1. The molecule has 0 bridgehead atoms. The summed E-state index contributed by atoms with van der Waals surface area (Å²) in [6, 6.07) is 4.75. The zero-order chi connectivity index (χ0) is 12.6. The van der Waals surface area contributed by atoms with Gasteiger partial charge in [-0.2, -0.15) is 5.10 Å². The summed E-state index contributed by atoms with van der Waals surface area (Å²) in [4.78, 5) is 0. The number of anilines is 1. The van der Waals surface area contributed by atoms with E-state index in [9.17, 15) is 4.39 Å². The van der Waals surface area contributed by atoms with Crippen LogP contribution in [0.3, 0.4) is 0 Å². The Hall–Kier alpha value is -1.84. The molecule has 17 heavy (non-hydrogen) atoms. The van der Waals surface area contributed by atoms with E-state index in [1.54, 1.807) is 16.8 Å². The number of nitrogens with two attached hydrogens (primary N) is 1. The highest BCUT2D eigenvalue weighted by Gasteiger charge is 2.16. The summed E-state index contributed by atoms with van der Waals surface area (Å²) in [5.41, 5.74) is 8.26. The zero-order valence-corrected chi connectivity index (χ0v) is 10.2. The van der Waals surface area contributed by atoms with Crippen molar-refractivity contribution in [1.82, 2.24) is 9.78 Å². The summed E-state index contributed by atoms with van der Waals surface area (Å²) in [5.74, 6) is -0.0527. The van der Waals surface area contributed by atoms with Gasteiger partial charge in [0.2, 0.25) is 0 Å². The molecular weight excluding hydrogens is 217 g/mol. The molecule has 0 radical (unpaired) electrons. The molecule has 2 aromatic rings. The summed E-state index contributed by atoms with van der Waals surface area (Å²) < 4.78 is 15.6. The van der Waals surface area contributed by atoms with E-state index in [2.05, 4.69) is 5.10 Å². The van der Waals surface area contributed by atoms with Crippen LogP contribution < -0.4 is 5.73 Å². The maximum Gasteiger partial charge on any atom is 0.133 e. The number of aromatic nitrogens is 2. The van der Waals surface area contributed by atoms with Gasteiger partial charge >= 0.3 is 0 Å². The Morgan fingerprint density at radius 3 is 2.59 bits per heavy atom. The highest BCUT2D eigenvalue weighted by Crippen LogP contribution is 2.30. The minimum Gasteiger partial charge on any atom is -0.399 e. The standard InChI is InChI=1S/C13H16FN3/c1-8(2)13-11(7-17(3)16-13)10-5-4-9(15)6-12(10)14/h4-8H,15H2,1-3H3. The van der Waals surface area contributed by atoms with Crippen LogP contribution in [-0.2, 0) is 7.05 Å². The van der Waals surface area contributed by atoms with Crippen molar-refractivity contribution in [2.24, 2.45) is 7.05 Å². The van der Waals surface area contributed by atoms with E-state index < -0.39 is 0 Å². The quantitative estimate of drug-likeness (QED) is 0.810. The summed E-state index contributed by atoms with van der Waals surface area (Å²) in [6.45, 7) is 4.09. The highest BCUT2D eigenvalue weighted by atomic mass is 19.1. The van der Waals surface area contributed by atoms with Crippen molar-refractivity contribution in [3.63, 3.8) is 0 Å². The van der Waals surface area contributed by atoms with Crippen LogP contribution >= 0.6 is 0 Å². The van der Waals surface area contributed by atoms with Crippen LogP contribution in [-0.4, -0.2) is 9.78 Å². The Labute approximate surface area is 100 Å². The Bertz CT molecular complexity index is 544. The van der Waals surface area contributed by atoms with E-state index in [1.807, 2.05) is 27.1 Å². The lowest BCUT2D eigenvalue weighted by Crippen LogP contribution is -1.95. The van der Waals surface area contributed by atoms with E-state index in [1.165, 1.54) is 6.07 Å². The predicted molar refractivity (Wildman–Crippen MR) is 67.1 cm³/mol. The second-order valence-corrected chi connectivity index (χ2v) is 4.50. The van der Waals surface area contributed by atoms with E-state index in [4.69, 9.17) is 5.73 Å². The number of hydrogen-bond acceptors (Lipinski definition) is 2. The number of aryl methyl sites for hydroxylation is 1. The predicted octanol–water partition coefficient (Wildman–Crippen LogP) is 2.93. The third-order valence-electron chi connectivity index (χ3n) is 2.69. The van der Waals surface area contributed by atoms with Gasteiger partial charge < -0.3 is 5.73 Å². The summed E-state index contributed by atoms with van der Waals surface area (Å²) in [6.07, 6.45) is 1.84. The Morgan fingerprint density at radius 1 is 1.29 bits per heavy atom. The van der Waals surface area contributed by atoms with Crippen LogP contribution in [0, 0.1) is 5.82 Å². The molecule has 4 heteroatoms. The van der Waals surface area contributed by atoms with E-state index in [-0.39, 0.29) is 11.7 Å².